The highest BCUT2D eigenvalue weighted by molar-refractivity contribution is 9.10. The van der Waals surface area contributed by atoms with Gasteiger partial charge in [-0.25, -0.2) is 8.42 Å². The first-order valence-electron chi connectivity index (χ1n) is 6.33. The Labute approximate surface area is 144 Å². The van der Waals surface area contributed by atoms with Crippen LogP contribution in [0.15, 0.2) is 45.8 Å². The van der Waals surface area contributed by atoms with Crippen LogP contribution in [0.1, 0.15) is 5.56 Å². The van der Waals surface area contributed by atoms with Crippen LogP contribution < -0.4 is 4.72 Å². The molecule has 0 radical (unpaired) electrons. The van der Waals surface area contributed by atoms with Crippen LogP contribution >= 0.6 is 15.9 Å². The summed E-state index contributed by atoms with van der Waals surface area (Å²) in [6, 6.07) is 7.53. The number of benzene rings is 2. The van der Waals surface area contributed by atoms with Crippen molar-refractivity contribution in [2.75, 3.05) is 4.72 Å². The van der Waals surface area contributed by atoms with Crippen molar-refractivity contribution in [2.45, 2.75) is 11.8 Å². The number of nitro benzene ring substituents is 2. The number of halogens is 1. The minimum Gasteiger partial charge on any atom is -0.272 e. The Bertz CT molecular complexity index is 927. The number of aryl methyl sites for hydroxylation is 1. The smallest absolute Gasteiger partial charge is 0.272 e. The molecule has 11 heteroatoms. The van der Waals surface area contributed by atoms with Crippen molar-refractivity contribution in [1.82, 2.24) is 0 Å². The predicted molar refractivity (Wildman–Crippen MR) is 89.4 cm³/mol. The molecule has 0 saturated heterocycles. The summed E-state index contributed by atoms with van der Waals surface area (Å²) in [6.45, 7) is 1.78. The first-order chi connectivity index (χ1) is 11.1. The highest BCUT2D eigenvalue weighted by Crippen LogP contribution is 2.38. The van der Waals surface area contributed by atoms with E-state index < -0.39 is 31.2 Å². The summed E-state index contributed by atoms with van der Waals surface area (Å²) in [5, 5.41) is 21.9. The van der Waals surface area contributed by atoms with Crippen LogP contribution in [0.5, 0.6) is 0 Å². The van der Waals surface area contributed by atoms with Gasteiger partial charge in [-0.05, 0) is 35.0 Å². The maximum atomic E-state index is 12.4. The standard InChI is InChI=1S/C13H10BrN3O6S/c1-8-2-4-10(5-3-8)24(22,23)15-13-11(14)6-9(16(18)19)7-12(13)17(20)21/h2-7,15H,1H3. The Balaban J connectivity index is 2.54. The average molecular weight is 416 g/mol. The Morgan fingerprint density at radius 3 is 2.12 bits per heavy atom. The Morgan fingerprint density at radius 2 is 1.62 bits per heavy atom. The van der Waals surface area contributed by atoms with Gasteiger partial charge in [-0.3, -0.25) is 25.0 Å². The zero-order valence-electron chi connectivity index (χ0n) is 12.1. The van der Waals surface area contributed by atoms with Gasteiger partial charge in [0.1, 0.15) is 5.69 Å². The van der Waals surface area contributed by atoms with Crippen LogP contribution in [0.25, 0.3) is 0 Å². The third kappa shape index (κ3) is 3.68. The van der Waals surface area contributed by atoms with Crippen LogP contribution in [0, 0.1) is 27.2 Å². The van der Waals surface area contributed by atoms with E-state index in [1.165, 1.54) is 12.1 Å². The molecule has 0 amide bonds. The lowest BCUT2D eigenvalue weighted by Crippen LogP contribution is -2.14. The molecule has 0 aliphatic carbocycles. The number of hydrogen-bond donors (Lipinski definition) is 1. The number of nitro groups is 2. The van der Waals surface area contributed by atoms with Gasteiger partial charge in [-0.15, -0.1) is 0 Å². The van der Waals surface area contributed by atoms with Gasteiger partial charge >= 0.3 is 5.69 Å². The molecule has 0 unspecified atom stereocenters. The average Bonchev–Trinajstić information content (AvgIpc) is 2.48. The number of nitrogens with zero attached hydrogens (tertiary/aromatic N) is 2. The Hall–Kier alpha value is -2.53. The van der Waals surface area contributed by atoms with Gasteiger partial charge in [0, 0.05) is 6.07 Å². The van der Waals surface area contributed by atoms with Crippen molar-refractivity contribution in [3.63, 3.8) is 0 Å². The first kappa shape index (κ1) is 17.8. The lowest BCUT2D eigenvalue weighted by molar-refractivity contribution is -0.393. The van der Waals surface area contributed by atoms with Crippen molar-refractivity contribution in [1.29, 1.82) is 0 Å². The molecule has 24 heavy (non-hydrogen) atoms. The van der Waals surface area contributed by atoms with E-state index in [1.807, 2.05) is 0 Å². The van der Waals surface area contributed by atoms with Crippen molar-refractivity contribution < 1.29 is 18.3 Å². The predicted octanol–water partition coefficient (Wildman–Crippen LogP) is 3.37. The van der Waals surface area contributed by atoms with Crippen LogP contribution in [0.4, 0.5) is 17.1 Å². The summed E-state index contributed by atoms with van der Waals surface area (Å²) in [5.41, 5.74) is -0.804. The van der Waals surface area contributed by atoms with E-state index >= 15 is 0 Å². The highest BCUT2D eigenvalue weighted by Gasteiger charge is 2.27. The van der Waals surface area contributed by atoms with E-state index in [1.54, 1.807) is 19.1 Å². The van der Waals surface area contributed by atoms with Crippen molar-refractivity contribution in [3.8, 4) is 0 Å². The Kier molecular flexibility index (Phi) is 4.85. The molecular weight excluding hydrogens is 406 g/mol. The lowest BCUT2D eigenvalue weighted by Gasteiger charge is -2.10. The topological polar surface area (TPSA) is 132 Å². The number of rotatable bonds is 5. The number of non-ortho nitro benzene ring substituents is 1. The second kappa shape index (κ2) is 6.53. The van der Waals surface area contributed by atoms with Gasteiger partial charge in [-0.1, -0.05) is 17.7 Å². The highest BCUT2D eigenvalue weighted by atomic mass is 79.9. The van der Waals surface area contributed by atoms with Crippen LogP contribution in [-0.4, -0.2) is 18.3 Å². The van der Waals surface area contributed by atoms with Gasteiger partial charge in [-0.2, -0.15) is 0 Å². The van der Waals surface area contributed by atoms with Crippen molar-refractivity contribution >= 4 is 43.0 Å². The molecule has 1 N–H and O–H groups in total. The largest absolute Gasteiger partial charge is 0.301 e. The molecule has 0 fully saturated rings. The van der Waals surface area contributed by atoms with Gasteiger partial charge in [0.2, 0.25) is 0 Å². The first-order valence-corrected chi connectivity index (χ1v) is 8.61. The summed E-state index contributed by atoms with van der Waals surface area (Å²) < 4.78 is 26.7. The molecule has 0 bridgehead atoms. The summed E-state index contributed by atoms with van der Waals surface area (Å²) >= 11 is 2.94. The second-order valence-corrected chi connectivity index (χ2v) is 7.29. The maximum absolute atomic E-state index is 12.4. The molecule has 0 heterocycles. The van der Waals surface area contributed by atoms with Gasteiger partial charge < -0.3 is 0 Å². The fourth-order valence-electron chi connectivity index (χ4n) is 1.84. The summed E-state index contributed by atoms with van der Waals surface area (Å²) in [7, 11) is -4.10. The maximum Gasteiger partial charge on any atom is 0.301 e. The minimum absolute atomic E-state index is 0.0901. The summed E-state index contributed by atoms with van der Waals surface area (Å²) in [5.74, 6) is 0. The molecule has 2 aromatic carbocycles. The van der Waals surface area contributed by atoms with Gasteiger partial charge in [0.25, 0.3) is 15.7 Å². The molecular formula is C13H10BrN3O6S. The minimum atomic E-state index is -4.10. The van der Waals surface area contributed by atoms with E-state index in [9.17, 15) is 28.6 Å². The summed E-state index contributed by atoms with van der Waals surface area (Å²) in [4.78, 5) is 20.1. The van der Waals surface area contributed by atoms with Gasteiger partial charge in [0.05, 0.1) is 25.3 Å². The van der Waals surface area contributed by atoms with Crippen molar-refractivity contribution in [3.05, 3.63) is 66.7 Å². The van der Waals surface area contributed by atoms with Crippen molar-refractivity contribution in [2.24, 2.45) is 0 Å². The molecule has 126 valence electrons. The molecule has 9 nitrogen and oxygen atoms in total. The third-order valence-electron chi connectivity index (χ3n) is 3.03. The fraction of sp³-hybridized carbons (Fsp3) is 0.0769. The third-order valence-corrected chi connectivity index (χ3v) is 5.02. The fourth-order valence-corrected chi connectivity index (χ4v) is 3.60. The van der Waals surface area contributed by atoms with Crippen LogP contribution in [0.2, 0.25) is 0 Å². The SMILES string of the molecule is Cc1ccc(S(=O)(=O)Nc2c(Br)cc([N+](=O)[O-])cc2[N+](=O)[O-])cc1. The molecule has 0 atom stereocenters. The molecule has 0 aliphatic rings. The molecule has 0 aromatic heterocycles. The van der Waals surface area contributed by atoms with Crippen LogP contribution in [-0.2, 0) is 10.0 Å². The number of hydrogen-bond acceptors (Lipinski definition) is 6. The zero-order valence-corrected chi connectivity index (χ0v) is 14.5. The molecule has 0 aliphatic heterocycles. The molecule has 2 aromatic rings. The second-order valence-electron chi connectivity index (χ2n) is 4.75. The normalized spacial score (nSPS) is 11.1. The Morgan fingerprint density at radius 1 is 1.04 bits per heavy atom. The zero-order chi connectivity index (χ0) is 18.1. The van der Waals surface area contributed by atoms with E-state index in [2.05, 4.69) is 20.7 Å². The lowest BCUT2D eigenvalue weighted by atomic mass is 10.2. The van der Waals surface area contributed by atoms with Gasteiger partial charge in [0.15, 0.2) is 0 Å². The monoisotopic (exact) mass is 415 g/mol. The van der Waals surface area contributed by atoms with E-state index in [0.29, 0.717) is 6.07 Å². The quantitative estimate of drug-likeness (QED) is 0.587. The van der Waals surface area contributed by atoms with E-state index in [-0.39, 0.29) is 15.1 Å². The molecule has 0 spiro atoms. The molecule has 2 rings (SSSR count). The number of anilines is 1. The number of nitrogens with one attached hydrogen (secondary N) is 1. The van der Waals surface area contributed by atoms with E-state index in [4.69, 9.17) is 0 Å². The molecule has 0 saturated carbocycles. The van der Waals surface area contributed by atoms with Crippen LogP contribution in [0.3, 0.4) is 0 Å². The summed E-state index contributed by atoms with van der Waals surface area (Å²) in [6.07, 6.45) is 0. The van der Waals surface area contributed by atoms with E-state index in [0.717, 1.165) is 11.6 Å². The number of sulfonamides is 1.